The number of amides is 2. The fourth-order valence-corrected chi connectivity index (χ4v) is 2.67. The number of quaternary nitrogens is 1. The van der Waals surface area contributed by atoms with Crippen LogP contribution in [0.25, 0.3) is 0 Å². The van der Waals surface area contributed by atoms with Crippen molar-refractivity contribution in [3.8, 4) is 0 Å². The highest BCUT2D eigenvalue weighted by molar-refractivity contribution is 6.35. The summed E-state index contributed by atoms with van der Waals surface area (Å²) in [6, 6.07) is 4.95. The maximum atomic E-state index is 12.0. The molecule has 5 nitrogen and oxygen atoms in total. The van der Waals surface area contributed by atoms with Gasteiger partial charge in [-0.15, -0.1) is 0 Å². The zero-order chi connectivity index (χ0) is 15.4. The average Bonchev–Trinajstić information content (AvgIpc) is 2.43. The summed E-state index contributed by atoms with van der Waals surface area (Å²) in [6.07, 6.45) is 0. The van der Waals surface area contributed by atoms with Crippen LogP contribution in [0.2, 0.25) is 10.0 Å². The summed E-state index contributed by atoms with van der Waals surface area (Å²) < 4.78 is 0. The fourth-order valence-electron chi connectivity index (χ4n) is 2.33. The molecule has 1 aromatic carbocycles. The van der Waals surface area contributed by atoms with Gasteiger partial charge in [0.1, 0.15) is 0 Å². The predicted molar refractivity (Wildman–Crippen MR) is 82.9 cm³/mol. The highest BCUT2D eigenvalue weighted by atomic mass is 35.5. The van der Waals surface area contributed by atoms with E-state index in [1.807, 2.05) is 0 Å². The van der Waals surface area contributed by atoms with Gasteiger partial charge in [0.2, 0.25) is 5.91 Å². The van der Waals surface area contributed by atoms with Gasteiger partial charge in [-0.1, -0.05) is 23.2 Å². The van der Waals surface area contributed by atoms with E-state index in [-0.39, 0.29) is 11.8 Å². The summed E-state index contributed by atoms with van der Waals surface area (Å²) in [5.74, 6) is -0.0188. The lowest BCUT2D eigenvalue weighted by Crippen LogP contribution is -3.15. The Morgan fingerprint density at radius 3 is 2.57 bits per heavy atom. The van der Waals surface area contributed by atoms with Crippen molar-refractivity contribution in [2.75, 3.05) is 38.0 Å². The smallest absolute Gasteiger partial charge is 0.279 e. The van der Waals surface area contributed by atoms with E-state index in [2.05, 4.69) is 5.32 Å². The molecule has 0 saturated carbocycles. The zero-order valence-electron chi connectivity index (χ0n) is 11.8. The molecule has 0 spiro atoms. The quantitative estimate of drug-likeness (QED) is 0.856. The normalized spacial score (nSPS) is 15.9. The SMILES string of the molecule is CC(=O)N1CC[NH+](CC(=O)Nc2cc(Cl)ccc2Cl)CC1. The largest absolute Gasteiger partial charge is 0.332 e. The van der Waals surface area contributed by atoms with Crippen molar-refractivity contribution in [3.63, 3.8) is 0 Å². The Balaban J connectivity index is 1.85. The highest BCUT2D eigenvalue weighted by Gasteiger charge is 2.23. The first-order chi connectivity index (χ1) is 9.95. The minimum absolute atomic E-state index is 0.0872. The minimum atomic E-state index is -0.106. The number of anilines is 1. The van der Waals surface area contributed by atoms with Crippen molar-refractivity contribution in [1.29, 1.82) is 0 Å². The first kappa shape index (κ1) is 16.1. The van der Waals surface area contributed by atoms with E-state index in [0.29, 0.717) is 35.4 Å². The van der Waals surface area contributed by atoms with Gasteiger partial charge in [-0.25, -0.2) is 0 Å². The number of carbonyl (C=O) groups excluding carboxylic acids is 2. The summed E-state index contributed by atoms with van der Waals surface area (Å²) in [7, 11) is 0. The molecular formula is C14H18Cl2N3O2+. The lowest BCUT2D eigenvalue weighted by atomic mass is 10.3. The Bertz CT molecular complexity index is 543. The number of nitrogens with zero attached hydrogens (tertiary/aromatic N) is 1. The van der Waals surface area contributed by atoms with E-state index in [1.165, 1.54) is 0 Å². The number of benzene rings is 1. The molecule has 21 heavy (non-hydrogen) atoms. The maximum Gasteiger partial charge on any atom is 0.279 e. The topological polar surface area (TPSA) is 53.9 Å². The van der Waals surface area contributed by atoms with Crippen LogP contribution in [-0.4, -0.2) is 49.4 Å². The molecule has 0 aromatic heterocycles. The van der Waals surface area contributed by atoms with Gasteiger partial charge >= 0.3 is 0 Å². The molecule has 1 saturated heterocycles. The molecule has 1 fully saturated rings. The first-order valence-electron chi connectivity index (χ1n) is 6.79. The van der Waals surface area contributed by atoms with Crippen molar-refractivity contribution >= 4 is 40.7 Å². The molecule has 7 heteroatoms. The van der Waals surface area contributed by atoms with Crippen LogP contribution >= 0.6 is 23.2 Å². The Morgan fingerprint density at radius 2 is 1.95 bits per heavy atom. The molecule has 0 radical (unpaired) electrons. The molecule has 0 unspecified atom stereocenters. The van der Waals surface area contributed by atoms with Crippen molar-refractivity contribution in [2.45, 2.75) is 6.92 Å². The van der Waals surface area contributed by atoms with Crippen molar-refractivity contribution in [1.82, 2.24) is 4.90 Å². The molecule has 2 amide bonds. The predicted octanol–water partition coefficient (Wildman–Crippen LogP) is 0.679. The number of halogens is 2. The van der Waals surface area contributed by atoms with Gasteiger partial charge in [0.25, 0.3) is 5.91 Å². The monoisotopic (exact) mass is 330 g/mol. The number of rotatable bonds is 3. The molecular weight excluding hydrogens is 313 g/mol. The van der Waals surface area contributed by atoms with Crippen LogP contribution in [0.3, 0.4) is 0 Å². The third kappa shape index (κ3) is 4.59. The van der Waals surface area contributed by atoms with E-state index in [0.717, 1.165) is 18.0 Å². The Kier molecular flexibility index (Phi) is 5.45. The van der Waals surface area contributed by atoms with Gasteiger partial charge in [0.15, 0.2) is 6.54 Å². The second-order valence-electron chi connectivity index (χ2n) is 5.11. The number of nitrogens with one attached hydrogen (secondary N) is 2. The number of carbonyl (C=O) groups is 2. The van der Waals surface area contributed by atoms with Gasteiger partial charge in [-0.05, 0) is 18.2 Å². The molecule has 0 aliphatic carbocycles. The molecule has 1 aliphatic heterocycles. The molecule has 2 rings (SSSR count). The second-order valence-corrected chi connectivity index (χ2v) is 5.95. The number of hydrogen-bond acceptors (Lipinski definition) is 2. The minimum Gasteiger partial charge on any atom is -0.332 e. The van der Waals surface area contributed by atoms with Crippen molar-refractivity contribution < 1.29 is 14.5 Å². The standard InChI is InChI=1S/C14H17Cl2N3O2/c1-10(20)19-6-4-18(5-7-19)9-14(21)17-13-8-11(15)2-3-12(13)16/h2-3,8H,4-7,9H2,1H3,(H,17,21)/p+1. The third-order valence-corrected chi connectivity index (χ3v) is 4.09. The third-order valence-electron chi connectivity index (χ3n) is 3.53. The van der Waals surface area contributed by atoms with Crippen LogP contribution in [0.1, 0.15) is 6.92 Å². The van der Waals surface area contributed by atoms with Crippen molar-refractivity contribution in [3.05, 3.63) is 28.2 Å². The average molecular weight is 331 g/mol. The van der Waals surface area contributed by atoms with Gasteiger partial charge in [-0.2, -0.15) is 0 Å². The van der Waals surface area contributed by atoms with Crippen LogP contribution in [0.4, 0.5) is 5.69 Å². The van der Waals surface area contributed by atoms with Crippen LogP contribution in [0.5, 0.6) is 0 Å². The van der Waals surface area contributed by atoms with E-state index in [1.54, 1.807) is 30.0 Å². The van der Waals surface area contributed by atoms with Crippen LogP contribution in [0.15, 0.2) is 18.2 Å². The molecule has 2 N–H and O–H groups in total. The van der Waals surface area contributed by atoms with Crippen molar-refractivity contribution in [2.24, 2.45) is 0 Å². The highest BCUT2D eigenvalue weighted by Crippen LogP contribution is 2.25. The summed E-state index contributed by atoms with van der Waals surface area (Å²) in [6.45, 7) is 4.85. The number of piperazine rings is 1. The molecule has 0 bridgehead atoms. The van der Waals surface area contributed by atoms with E-state index in [4.69, 9.17) is 23.2 Å². The summed E-state index contributed by atoms with van der Waals surface area (Å²) in [4.78, 5) is 26.3. The van der Waals surface area contributed by atoms with Crippen LogP contribution < -0.4 is 10.2 Å². The molecule has 1 aliphatic rings. The van der Waals surface area contributed by atoms with Gasteiger partial charge in [-0.3, -0.25) is 9.59 Å². The maximum absolute atomic E-state index is 12.0. The zero-order valence-corrected chi connectivity index (χ0v) is 13.3. The molecule has 1 aromatic rings. The van der Waals surface area contributed by atoms with Crippen LogP contribution in [0, 0.1) is 0 Å². The summed E-state index contributed by atoms with van der Waals surface area (Å²) in [5.41, 5.74) is 0.524. The Morgan fingerprint density at radius 1 is 1.29 bits per heavy atom. The lowest BCUT2D eigenvalue weighted by molar-refractivity contribution is -0.895. The van der Waals surface area contributed by atoms with Gasteiger partial charge < -0.3 is 15.1 Å². The van der Waals surface area contributed by atoms with E-state index in [9.17, 15) is 9.59 Å². The second kappa shape index (κ2) is 7.11. The summed E-state index contributed by atoms with van der Waals surface area (Å²) >= 11 is 11.9. The van der Waals surface area contributed by atoms with E-state index < -0.39 is 0 Å². The van der Waals surface area contributed by atoms with Gasteiger partial charge in [0.05, 0.1) is 36.9 Å². The Labute approximate surface area is 133 Å². The molecule has 0 atom stereocenters. The first-order valence-corrected chi connectivity index (χ1v) is 7.55. The van der Waals surface area contributed by atoms with E-state index >= 15 is 0 Å². The van der Waals surface area contributed by atoms with Gasteiger partial charge in [0, 0.05) is 11.9 Å². The summed E-state index contributed by atoms with van der Waals surface area (Å²) in [5, 5.41) is 3.76. The lowest BCUT2D eigenvalue weighted by Gasteiger charge is -2.31. The Hall–Kier alpha value is -1.30. The number of hydrogen-bond donors (Lipinski definition) is 2. The van der Waals surface area contributed by atoms with Crippen LogP contribution in [-0.2, 0) is 9.59 Å². The molecule has 114 valence electrons. The molecule has 1 heterocycles. The fraction of sp³-hybridized carbons (Fsp3) is 0.429.